The van der Waals surface area contributed by atoms with Crippen LogP contribution in [-0.2, 0) is 11.2 Å². The summed E-state index contributed by atoms with van der Waals surface area (Å²) < 4.78 is 10.5. The van der Waals surface area contributed by atoms with Crippen LogP contribution in [0.15, 0.2) is 36.5 Å². The van der Waals surface area contributed by atoms with Crippen LogP contribution in [0.5, 0.6) is 11.5 Å². The Labute approximate surface area is 158 Å². The molecule has 0 N–H and O–H groups in total. The summed E-state index contributed by atoms with van der Waals surface area (Å²) in [6.45, 7) is 2.52. The van der Waals surface area contributed by atoms with E-state index in [2.05, 4.69) is 16.0 Å². The van der Waals surface area contributed by atoms with Gasteiger partial charge < -0.3 is 19.3 Å². The van der Waals surface area contributed by atoms with Gasteiger partial charge >= 0.3 is 0 Å². The van der Waals surface area contributed by atoms with Crippen LogP contribution in [0.2, 0.25) is 0 Å². The van der Waals surface area contributed by atoms with Crippen molar-refractivity contribution in [2.45, 2.75) is 6.42 Å². The third kappa shape index (κ3) is 4.11. The van der Waals surface area contributed by atoms with E-state index in [1.54, 1.807) is 32.5 Å². The Morgan fingerprint density at radius 1 is 1.15 bits per heavy atom. The largest absolute Gasteiger partial charge is 0.493 e. The summed E-state index contributed by atoms with van der Waals surface area (Å²) in [6.07, 6.45) is 2.00. The molecule has 3 rings (SSSR count). The Kier molecular flexibility index (Phi) is 5.77. The summed E-state index contributed by atoms with van der Waals surface area (Å²) in [5.74, 6) is 2.02. The van der Waals surface area contributed by atoms with Crippen molar-refractivity contribution in [3.05, 3.63) is 47.7 Å². The van der Waals surface area contributed by atoms with Gasteiger partial charge in [0.05, 0.1) is 26.2 Å². The molecule has 1 fully saturated rings. The Bertz CT molecular complexity index is 855. The lowest BCUT2D eigenvalue weighted by atomic mass is 10.1. The number of carbonyl (C=O) groups is 1. The minimum Gasteiger partial charge on any atom is -0.493 e. The lowest BCUT2D eigenvalue weighted by Gasteiger charge is -2.35. The van der Waals surface area contributed by atoms with Crippen LogP contribution in [0.3, 0.4) is 0 Å². The monoisotopic (exact) mass is 366 g/mol. The van der Waals surface area contributed by atoms with Gasteiger partial charge in [-0.2, -0.15) is 5.26 Å². The molecule has 0 bridgehead atoms. The average molecular weight is 366 g/mol. The van der Waals surface area contributed by atoms with Gasteiger partial charge in [-0.05, 0) is 29.8 Å². The van der Waals surface area contributed by atoms with E-state index in [-0.39, 0.29) is 5.91 Å². The Morgan fingerprint density at radius 3 is 2.56 bits per heavy atom. The molecular formula is C20H22N4O3. The number of nitriles is 1. The molecule has 1 saturated heterocycles. The third-order valence-electron chi connectivity index (χ3n) is 4.64. The highest BCUT2D eigenvalue weighted by molar-refractivity contribution is 5.79. The van der Waals surface area contributed by atoms with Crippen molar-refractivity contribution in [3.8, 4) is 17.6 Å². The van der Waals surface area contributed by atoms with Crippen LogP contribution in [0.4, 0.5) is 5.82 Å². The molecule has 1 aromatic heterocycles. The van der Waals surface area contributed by atoms with Crippen LogP contribution in [0.25, 0.3) is 0 Å². The number of hydrogen-bond donors (Lipinski definition) is 0. The van der Waals surface area contributed by atoms with Crippen LogP contribution in [0.1, 0.15) is 11.1 Å². The van der Waals surface area contributed by atoms with Crippen molar-refractivity contribution in [2.24, 2.45) is 0 Å². The molecule has 2 heterocycles. The first kappa shape index (κ1) is 18.5. The molecule has 1 aromatic carbocycles. The van der Waals surface area contributed by atoms with Crippen molar-refractivity contribution in [2.75, 3.05) is 45.3 Å². The molecule has 0 saturated carbocycles. The van der Waals surface area contributed by atoms with Gasteiger partial charge in [-0.15, -0.1) is 0 Å². The lowest BCUT2D eigenvalue weighted by molar-refractivity contribution is -0.130. The summed E-state index contributed by atoms with van der Waals surface area (Å²) in [7, 11) is 3.16. The number of nitrogens with zero attached hydrogens (tertiary/aromatic N) is 4. The molecule has 1 aliphatic heterocycles. The number of hydrogen-bond acceptors (Lipinski definition) is 6. The predicted octanol–water partition coefficient (Wildman–Crippen LogP) is 1.86. The van der Waals surface area contributed by atoms with E-state index >= 15 is 0 Å². The highest BCUT2D eigenvalue weighted by Crippen LogP contribution is 2.28. The van der Waals surface area contributed by atoms with Crippen molar-refractivity contribution in [1.29, 1.82) is 5.26 Å². The summed E-state index contributed by atoms with van der Waals surface area (Å²) in [5.41, 5.74) is 1.44. The number of piperazine rings is 1. The summed E-state index contributed by atoms with van der Waals surface area (Å²) >= 11 is 0. The molecule has 0 unspecified atom stereocenters. The fourth-order valence-corrected chi connectivity index (χ4v) is 3.18. The molecule has 0 aliphatic carbocycles. The fourth-order valence-electron chi connectivity index (χ4n) is 3.18. The maximum Gasteiger partial charge on any atom is 0.227 e. The highest BCUT2D eigenvalue weighted by atomic mass is 16.5. The SMILES string of the molecule is COc1ccc(CC(=O)N2CCN(c3ncccc3C#N)CC2)cc1OC. The molecule has 1 amide bonds. The molecule has 140 valence electrons. The number of pyridine rings is 1. The molecule has 7 nitrogen and oxygen atoms in total. The average Bonchev–Trinajstić information content (AvgIpc) is 2.73. The standard InChI is InChI=1S/C20H22N4O3/c1-26-17-6-5-15(12-18(17)27-2)13-19(25)23-8-10-24(11-9-23)20-16(14-21)4-3-7-22-20/h3-7,12H,8-11,13H2,1-2H3. The van der Waals surface area contributed by atoms with E-state index in [0.29, 0.717) is 55.5 Å². The highest BCUT2D eigenvalue weighted by Gasteiger charge is 2.23. The minimum absolute atomic E-state index is 0.0726. The molecular weight excluding hydrogens is 344 g/mol. The van der Waals surface area contributed by atoms with Crippen LogP contribution < -0.4 is 14.4 Å². The summed E-state index contributed by atoms with van der Waals surface area (Å²) in [5, 5.41) is 9.23. The van der Waals surface area contributed by atoms with Crippen molar-refractivity contribution >= 4 is 11.7 Å². The predicted molar refractivity (Wildman–Crippen MR) is 101 cm³/mol. The smallest absolute Gasteiger partial charge is 0.227 e. The van der Waals surface area contributed by atoms with Gasteiger partial charge in [-0.1, -0.05) is 6.07 Å². The topological polar surface area (TPSA) is 78.7 Å². The first-order valence-corrected chi connectivity index (χ1v) is 8.75. The molecule has 0 radical (unpaired) electrons. The number of anilines is 1. The zero-order valence-corrected chi connectivity index (χ0v) is 15.5. The Morgan fingerprint density at radius 2 is 1.89 bits per heavy atom. The second-order valence-electron chi connectivity index (χ2n) is 6.22. The van der Waals surface area contributed by atoms with Gasteiger partial charge in [0.25, 0.3) is 0 Å². The first-order valence-electron chi connectivity index (χ1n) is 8.75. The second-order valence-corrected chi connectivity index (χ2v) is 6.22. The molecule has 1 aliphatic rings. The number of aromatic nitrogens is 1. The number of carbonyl (C=O) groups excluding carboxylic acids is 1. The zero-order chi connectivity index (χ0) is 19.2. The van der Waals surface area contributed by atoms with Gasteiger partial charge in [0, 0.05) is 32.4 Å². The number of amides is 1. The van der Waals surface area contributed by atoms with Crippen molar-refractivity contribution < 1.29 is 14.3 Å². The number of ether oxygens (including phenoxy) is 2. The van der Waals surface area contributed by atoms with Gasteiger partial charge in [0.1, 0.15) is 11.9 Å². The van der Waals surface area contributed by atoms with Crippen LogP contribution in [0, 0.1) is 11.3 Å². The maximum atomic E-state index is 12.7. The van der Waals surface area contributed by atoms with Crippen LogP contribution >= 0.6 is 0 Å². The van der Waals surface area contributed by atoms with E-state index in [1.165, 1.54) is 0 Å². The normalized spacial score (nSPS) is 13.8. The fraction of sp³-hybridized carbons (Fsp3) is 0.350. The Hall–Kier alpha value is -3.27. The van der Waals surface area contributed by atoms with E-state index < -0.39 is 0 Å². The summed E-state index contributed by atoms with van der Waals surface area (Å²) in [6, 6.07) is 11.2. The minimum atomic E-state index is 0.0726. The van der Waals surface area contributed by atoms with E-state index in [4.69, 9.17) is 9.47 Å². The zero-order valence-electron chi connectivity index (χ0n) is 15.5. The quantitative estimate of drug-likeness (QED) is 0.804. The lowest BCUT2D eigenvalue weighted by Crippen LogP contribution is -2.49. The van der Waals surface area contributed by atoms with E-state index in [0.717, 1.165) is 5.56 Å². The van der Waals surface area contributed by atoms with Crippen molar-refractivity contribution in [3.63, 3.8) is 0 Å². The maximum absolute atomic E-state index is 12.7. The van der Waals surface area contributed by atoms with E-state index in [1.807, 2.05) is 23.1 Å². The molecule has 7 heteroatoms. The number of benzene rings is 1. The Balaban J connectivity index is 1.61. The molecule has 27 heavy (non-hydrogen) atoms. The second kappa shape index (κ2) is 8.41. The number of methoxy groups -OCH3 is 2. The molecule has 2 aromatic rings. The third-order valence-corrected chi connectivity index (χ3v) is 4.64. The van der Waals surface area contributed by atoms with Crippen LogP contribution in [-0.4, -0.2) is 56.2 Å². The van der Waals surface area contributed by atoms with Gasteiger partial charge in [-0.3, -0.25) is 4.79 Å². The van der Waals surface area contributed by atoms with Gasteiger partial charge in [0.15, 0.2) is 11.5 Å². The van der Waals surface area contributed by atoms with Crippen molar-refractivity contribution in [1.82, 2.24) is 9.88 Å². The first-order chi connectivity index (χ1) is 13.2. The van der Waals surface area contributed by atoms with Gasteiger partial charge in [-0.25, -0.2) is 4.98 Å². The summed E-state index contributed by atoms with van der Waals surface area (Å²) in [4.78, 5) is 20.9. The molecule has 0 atom stereocenters. The molecule has 0 spiro atoms. The van der Waals surface area contributed by atoms with E-state index in [9.17, 15) is 10.1 Å². The van der Waals surface area contributed by atoms with Gasteiger partial charge in [0.2, 0.25) is 5.91 Å². The number of rotatable bonds is 5.